The number of fused-ring (bicyclic) bond motifs is 1. The monoisotopic (exact) mass is 353 g/mol. The molecule has 3 N–H and O–H groups in total. The number of carbonyl (C=O) groups excluding carboxylic acids is 1. The summed E-state index contributed by atoms with van der Waals surface area (Å²) in [5.74, 6) is 0.0568. The quantitative estimate of drug-likeness (QED) is 0.571. The van der Waals surface area contributed by atoms with E-state index in [1.165, 1.54) is 0 Å². The maximum absolute atomic E-state index is 12.2. The van der Waals surface area contributed by atoms with Crippen molar-refractivity contribution in [3.8, 4) is 10.6 Å². The standard InChI is InChI=1S/C20H23N3OS/c21-14-8-2-1-3-13-19(24)22-16-10-5-4-9-15(16)20-23-17-11-6-7-12-18(17)25-20/h4-7,9-12H,1-3,8,13-14,21H2,(H,22,24). The molecule has 0 aliphatic heterocycles. The highest BCUT2D eigenvalue weighted by atomic mass is 32.1. The molecule has 130 valence electrons. The van der Waals surface area contributed by atoms with E-state index >= 15 is 0 Å². The zero-order valence-corrected chi connectivity index (χ0v) is 15.0. The maximum Gasteiger partial charge on any atom is 0.224 e. The average Bonchev–Trinajstić information content (AvgIpc) is 3.06. The molecule has 0 saturated heterocycles. The number of anilines is 1. The summed E-state index contributed by atoms with van der Waals surface area (Å²) in [6, 6.07) is 15.9. The minimum Gasteiger partial charge on any atom is -0.330 e. The first-order chi connectivity index (χ1) is 12.3. The smallest absolute Gasteiger partial charge is 0.224 e. The van der Waals surface area contributed by atoms with Crippen LogP contribution in [-0.2, 0) is 4.79 Å². The number of thiazole rings is 1. The molecule has 1 amide bonds. The largest absolute Gasteiger partial charge is 0.330 e. The van der Waals surface area contributed by atoms with E-state index in [1.54, 1.807) is 11.3 Å². The first-order valence-corrected chi connectivity index (χ1v) is 9.54. The number of unbranched alkanes of at least 4 members (excludes halogenated alkanes) is 3. The molecule has 0 bridgehead atoms. The number of benzene rings is 2. The van der Waals surface area contributed by atoms with Crippen molar-refractivity contribution in [1.82, 2.24) is 4.98 Å². The third-order valence-corrected chi connectivity index (χ3v) is 5.15. The highest BCUT2D eigenvalue weighted by Gasteiger charge is 2.12. The van der Waals surface area contributed by atoms with Crippen molar-refractivity contribution < 1.29 is 4.79 Å². The van der Waals surface area contributed by atoms with Gasteiger partial charge in [0.05, 0.1) is 15.9 Å². The van der Waals surface area contributed by atoms with Crippen LogP contribution in [0.25, 0.3) is 20.8 Å². The number of nitrogens with one attached hydrogen (secondary N) is 1. The van der Waals surface area contributed by atoms with Crippen LogP contribution in [0.2, 0.25) is 0 Å². The number of hydrogen-bond acceptors (Lipinski definition) is 4. The Morgan fingerprint density at radius 1 is 1.00 bits per heavy atom. The summed E-state index contributed by atoms with van der Waals surface area (Å²) in [4.78, 5) is 17.0. The van der Waals surface area contributed by atoms with Crippen LogP contribution in [0.5, 0.6) is 0 Å². The van der Waals surface area contributed by atoms with E-state index < -0.39 is 0 Å². The van der Waals surface area contributed by atoms with Gasteiger partial charge in [0.1, 0.15) is 5.01 Å². The molecular formula is C20H23N3OS. The Morgan fingerprint density at radius 3 is 2.60 bits per heavy atom. The van der Waals surface area contributed by atoms with Crippen LogP contribution in [-0.4, -0.2) is 17.4 Å². The highest BCUT2D eigenvalue weighted by molar-refractivity contribution is 7.21. The summed E-state index contributed by atoms with van der Waals surface area (Å²) >= 11 is 1.64. The number of amides is 1. The minimum atomic E-state index is 0.0568. The van der Waals surface area contributed by atoms with Crippen molar-refractivity contribution >= 4 is 33.1 Å². The number of hydrogen-bond donors (Lipinski definition) is 2. The van der Waals surface area contributed by atoms with Gasteiger partial charge < -0.3 is 11.1 Å². The Hall–Kier alpha value is -2.24. The zero-order valence-electron chi connectivity index (χ0n) is 14.2. The fraction of sp³-hybridized carbons (Fsp3) is 0.300. The summed E-state index contributed by atoms with van der Waals surface area (Å²) < 4.78 is 1.15. The van der Waals surface area contributed by atoms with Crippen LogP contribution in [0.4, 0.5) is 5.69 Å². The molecule has 1 aromatic heterocycles. The Bertz CT molecular complexity index is 811. The van der Waals surface area contributed by atoms with Crippen LogP contribution >= 0.6 is 11.3 Å². The van der Waals surface area contributed by atoms with E-state index in [1.807, 2.05) is 42.5 Å². The highest BCUT2D eigenvalue weighted by Crippen LogP contribution is 2.34. The lowest BCUT2D eigenvalue weighted by Crippen LogP contribution is -2.11. The number of para-hydroxylation sites is 2. The fourth-order valence-electron chi connectivity index (χ4n) is 2.76. The third kappa shape index (κ3) is 4.65. The van der Waals surface area contributed by atoms with Crippen LogP contribution in [0, 0.1) is 0 Å². The number of nitrogens with zero attached hydrogens (tertiary/aromatic N) is 1. The van der Waals surface area contributed by atoms with Crippen molar-refractivity contribution in [3.05, 3.63) is 48.5 Å². The lowest BCUT2D eigenvalue weighted by Gasteiger charge is -2.09. The van der Waals surface area contributed by atoms with Crippen LogP contribution in [0.15, 0.2) is 48.5 Å². The molecular weight excluding hydrogens is 330 g/mol. The van der Waals surface area contributed by atoms with Gasteiger partial charge >= 0.3 is 0 Å². The Morgan fingerprint density at radius 2 is 1.76 bits per heavy atom. The third-order valence-electron chi connectivity index (χ3n) is 4.08. The van der Waals surface area contributed by atoms with Gasteiger partial charge in [0.15, 0.2) is 0 Å². The molecule has 3 rings (SSSR count). The van der Waals surface area contributed by atoms with E-state index in [9.17, 15) is 4.79 Å². The van der Waals surface area contributed by atoms with Crippen molar-refractivity contribution in [3.63, 3.8) is 0 Å². The van der Waals surface area contributed by atoms with Crippen LogP contribution < -0.4 is 11.1 Å². The molecule has 0 radical (unpaired) electrons. The Balaban J connectivity index is 1.69. The van der Waals surface area contributed by atoms with Crippen LogP contribution in [0.1, 0.15) is 32.1 Å². The maximum atomic E-state index is 12.2. The van der Waals surface area contributed by atoms with E-state index in [2.05, 4.69) is 11.4 Å². The topological polar surface area (TPSA) is 68.0 Å². The Labute approximate surface area is 152 Å². The van der Waals surface area contributed by atoms with E-state index in [0.29, 0.717) is 6.42 Å². The van der Waals surface area contributed by atoms with Crippen molar-refractivity contribution in [2.24, 2.45) is 5.73 Å². The predicted octanol–water partition coefficient (Wildman–Crippen LogP) is 4.81. The van der Waals surface area contributed by atoms with Gasteiger partial charge in [0.25, 0.3) is 0 Å². The van der Waals surface area contributed by atoms with Gasteiger partial charge in [-0.05, 0) is 43.7 Å². The molecule has 0 aliphatic carbocycles. The van der Waals surface area contributed by atoms with Crippen molar-refractivity contribution in [1.29, 1.82) is 0 Å². The van der Waals surface area contributed by atoms with E-state index in [-0.39, 0.29) is 5.91 Å². The molecule has 0 unspecified atom stereocenters. The lowest BCUT2D eigenvalue weighted by molar-refractivity contribution is -0.116. The molecule has 0 atom stereocenters. The summed E-state index contributed by atoms with van der Waals surface area (Å²) in [7, 11) is 0. The van der Waals surface area contributed by atoms with E-state index in [0.717, 1.165) is 58.7 Å². The number of rotatable bonds is 8. The fourth-order valence-corrected chi connectivity index (χ4v) is 3.77. The molecule has 2 aromatic carbocycles. The number of aromatic nitrogens is 1. The summed E-state index contributed by atoms with van der Waals surface area (Å²) in [5.41, 5.74) is 8.28. The normalized spacial score (nSPS) is 10.9. The predicted molar refractivity (Wildman–Crippen MR) is 106 cm³/mol. The summed E-state index contributed by atoms with van der Waals surface area (Å²) in [6.07, 6.45) is 4.60. The minimum absolute atomic E-state index is 0.0568. The van der Waals surface area contributed by atoms with Gasteiger partial charge in [-0.1, -0.05) is 37.1 Å². The zero-order chi connectivity index (χ0) is 17.5. The Kier molecular flexibility index (Phi) is 6.14. The molecule has 0 spiro atoms. The van der Waals surface area contributed by atoms with Crippen LogP contribution in [0.3, 0.4) is 0 Å². The second-order valence-electron chi connectivity index (χ2n) is 6.03. The molecule has 3 aromatic rings. The van der Waals surface area contributed by atoms with Gasteiger partial charge in [0.2, 0.25) is 5.91 Å². The molecule has 1 heterocycles. The van der Waals surface area contributed by atoms with Gasteiger partial charge in [0, 0.05) is 12.0 Å². The lowest BCUT2D eigenvalue weighted by atomic mass is 10.1. The van der Waals surface area contributed by atoms with Gasteiger partial charge in [-0.2, -0.15) is 0 Å². The molecule has 0 fully saturated rings. The summed E-state index contributed by atoms with van der Waals surface area (Å²) in [5, 5.41) is 3.98. The second-order valence-corrected chi connectivity index (χ2v) is 7.06. The number of carbonyl (C=O) groups is 1. The SMILES string of the molecule is NCCCCCCC(=O)Nc1ccccc1-c1nc2ccccc2s1. The van der Waals surface area contributed by atoms with Gasteiger partial charge in [-0.3, -0.25) is 4.79 Å². The van der Waals surface area contributed by atoms with E-state index in [4.69, 9.17) is 10.7 Å². The average molecular weight is 353 g/mol. The van der Waals surface area contributed by atoms with Gasteiger partial charge in [-0.15, -0.1) is 11.3 Å². The van der Waals surface area contributed by atoms with Crippen molar-refractivity contribution in [2.75, 3.05) is 11.9 Å². The van der Waals surface area contributed by atoms with Gasteiger partial charge in [-0.25, -0.2) is 4.98 Å². The first-order valence-electron chi connectivity index (χ1n) is 8.73. The molecule has 4 nitrogen and oxygen atoms in total. The molecule has 5 heteroatoms. The first kappa shape index (κ1) is 17.6. The van der Waals surface area contributed by atoms with Crippen molar-refractivity contribution in [2.45, 2.75) is 32.1 Å². The molecule has 0 aliphatic rings. The molecule has 0 saturated carbocycles. The molecule has 25 heavy (non-hydrogen) atoms. The second kappa shape index (κ2) is 8.74. The summed E-state index contributed by atoms with van der Waals surface area (Å²) in [6.45, 7) is 0.724. The number of nitrogens with two attached hydrogens (primary N) is 1.